The average molecular weight is 237 g/mol. The van der Waals surface area contributed by atoms with Crippen LogP contribution in [0.5, 0.6) is 0 Å². The van der Waals surface area contributed by atoms with Crippen LogP contribution in [0.15, 0.2) is 12.3 Å². The molecule has 1 N–H and O–H groups in total. The normalized spacial score (nSPS) is 12.5. The summed E-state index contributed by atoms with van der Waals surface area (Å²) < 4.78 is 0. The molecular formula is C12H19N3O2. The first kappa shape index (κ1) is 13.4. The lowest BCUT2D eigenvalue weighted by Gasteiger charge is -2.17. The van der Waals surface area contributed by atoms with Crippen molar-refractivity contribution in [2.75, 3.05) is 11.9 Å². The van der Waals surface area contributed by atoms with Crippen LogP contribution in [0.4, 0.5) is 11.5 Å². The zero-order chi connectivity index (χ0) is 13.0. The van der Waals surface area contributed by atoms with Gasteiger partial charge in [0, 0.05) is 12.6 Å². The van der Waals surface area contributed by atoms with E-state index in [2.05, 4.69) is 31.1 Å². The number of anilines is 1. The molecule has 1 heterocycles. The molecule has 0 aliphatic heterocycles. The molecule has 1 aromatic rings. The van der Waals surface area contributed by atoms with Crippen LogP contribution in [0, 0.1) is 28.9 Å². The molecule has 1 atom stereocenters. The Morgan fingerprint density at radius 2 is 2.12 bits per heavy atom. The van der Waals surface area contributed by atoms with E-state index in [0.717, 1.165) is 17.9 Å². The second kappa shape index (κ2) is 5.61. The van der Waals surface area contributed by atoms with Gasteiger partial charge in [0.15, 0.2) is 0 Å². The second-order valence-electron chi connectivity index (χ2n) is 4.72. The summed E-state index contributed by atoms with van der Waals surface area (Å²) in [6.45, 7) is 9.15. The number of aryl methyl sites for hydroxylation is 1. The van der Waals surface area contributed by atoms with Gasteiger partial charge in [-0.05, 0) is 24.3 Å². The molecule has 1 aromatic heterocycles. The molecule has 0 saturated heterocycles. The van der Waals surface area contributed by atoms with E-state index in [4.69, 9.17) is 0 Å². The first-order chi connectivity index (χ1) is 7.91. The van der Waals surface area contributed by atoms with E-state index in [9.17, 15) is 10.1 Å². The van der Waals surface area contributed by atoms with E-state index in [1.54, 1.807) is 0 Å². The van der Waals surface area contributed by atoms with Gasteiger partial charge >= 0.3 is 0 Å². The molecule has 94 valence electrons. The third kappa shape index (κ3) is 3.69. The highest BCUT2D eigenvalue weighted by Gasteiger charge is 2.11. The largest absolute Gasteiger partial charge is 0.370 e. The van der Waals surface area contributed by atoms with Crippen LogP contribution in [0.1, 0.15) is 26.3 Å². The van der Waals surface area contributed by atoms with Crippen LogP contribution < -0.4 is 5.32 Å². The van der Waals surface area contributed by atoms with Gasteiger partial charge < -0.3 is 5.32 Å². The van der Waals surface area contributed by atoms with Gasteiger partial charge in [-0.15, -0.1) is 0 Å². The van der Waals surface area contributed by atoms with E-state index in [1.165, 1.54) is 12.3 Å². The van der Waals surface area contributed by atoms with Crippen molar-refractivity contribution in [3.8, 4) is 0 Å². The molecule has 0 aromatic carbocycles. The molecule has 17 heavy (non-hydrogen) atoms. The number of hydrogen-bond acceptors (Lipinski definition) is 4. The summed E-state index contributed by atoms with van der Waals surface area (Å²) in [7, 11) is 0. The Morgan fingerprint density at radius 1 is 1.47 bits per heavy atom. The Bertz CT molecular complexity index is 405. The quantitative estimate of drug-likeness (QED) is 0.631. The monoisotopic (exact) mass is 237 g/mol. The van der Waals surface area contributed by atoms with Crippen LogP contribution in [0.3, 0.4) is 0 Å². The zero-order valence-corrected chi connectivity index (χ0v) is 10.7. The lowest BCUT2D eigenvalue weighted by atomic mass is 9.98. The first-order valence-corrected chi connectivity index (χ1v) is 5.76. The number of hydrogen-bond donors (Lipinski definition) is 1. The highest BCUT2D eigenvalue weighted by molar-refractivity contribution is 5.48. The van der Waals surface area contributed by atoms with Crippen molar-refractivity contribution < 1.29 is 4.92 Å². The lowest BCUT2D eigenvalue weighted by Crippen LogP contribution is -2.17. The molecule has 1 rings (SSSR count). The number of pyridine rings is 1. The van der Waals surface area contributed by atoms with Gasteiger partial charge in [0.2, 0.25) is 0 Å². The Balaban J connectivity index is 2.70. The summed E-state index contributed by atoms with van der Waals surface area (Å²) in [5.74, 6) is 1.86. The zero-order valence-electron chi connectivity index (χ0n) is 10.7. The summed E-state index contributed by atoms with van der Waals surface area (Å²) in [4.78, 5) is 14.2. The van der Waals surface area contributed by atoms with Gasteiger partial charge in [-0.3, -0.25) is 10.1 Å². The van der Waals surface area contributed by atoms with Crippen molar-refractivity contribution in [2.45, 2.75) is 27.7 Å². The third-order valence-electron chi connectivity index (χ3n) is 3.00. The Hall–Kier alpha value is -1.65. The van der Waals surface area contributed by atoms with Gasteiger partial charge in [-0.2, -0.15) is 0 Å². The number of aromatic nitrogens is 1. The van der Waals surface area contributed by atoms with E-state index >= 15 is 0 Å². The van der Waals surface area contributed by atoms with Gasteiger partial charge in [0.05, 0.1) is 4.92 Å². The van der Waals surface area contributed by atoms with Crippen molar-refractivity contribution in [3.63, 3.8) is 0 Å². The highest BCUT2D eigenvalue weighted by atomic mass is 16.6. The Morgan fingerprint density at radius 3 is 2.59 bits per heavy atom. The van der Waals surface area contributed by atoms with Crippen LogP contribution in [-0.2, 0) is 0 Å². The molecule has 0 amide bonds. The van der Waals surface area contributed by atoms with E-state index in [1.807, 2.05) is 6.92 Å². The minimum Gasteiger partial charge on any atom is -0.370 e. The molecule has 0 aliphatic carbocycles. The van der Waals surface area contributed by atoms with Crippen LogP contribution >= 0.6 is 0 Å². The standard InChI is InChI=1S/C12H19N3O2/c1-8(2)10(4)6-13-12-9(3)5-11(7-14-12)15(16)17/h5,7-8,10H,6H2,1-4H3,(H,13,14). The maximum Gasteiger partial charge on any atom is 0.287 e. The summed E-state index contributed by atoms with van der Waals surface area (Å²) in [5.41, 5.74) is 0.833. The van der Waals surface area contributed by atoms with E-state index < -0.39 is 4.92 Å². The van der Waals surface area contributed by atoms with Crippen molar-refractivity contribution in [3.05, 3.63) is 27.9 Å². The molecule has 0 aliphatic rings. The summed E-state index contributed by atoms with van der Waals surface area (Å²) >= 11 is 0. The predicted molar refractivity (Wildman–Crippen MR) is 68.1 cm³/mol. The number of nitro groups is 1. The summed E-state index contributed by atoms with van der Waals surface area (Å²) in [6.07, 6.45) is 1.29. The summed E-state index contributed by atoms with van der Waals surface area (Å²) in [6, 6.07) is 1.54. The number of nitrogens with zero attached hydrogens (tertiary/aromatic N) is 2. The minimum absolute atomic E-state index is 0.0324. The fourth-order valence-electron chi connectivity index (χ4n) is 1.34. The molecule has 5 heteroatoms. The van der Waals surface area contributed by atoms with Gasteiger partial charge in [-0.1, -0.05) is 20.8 Å². The van der Waals surface area contributed by atoms with Crippen LogP contribution in [0.25, 0.3) is 0 Å². The maximum absolute atomic E-state index is 10.6. The molecule has 0 radical (unpaired) electrons. The van der Waals surface area contributed by atoms with Crippen molar-refractivity contribution >= 4 is 11.5 Å². The van der Waals surface area contributed by atoms with E-state index in [0.29, 0.717) is 11.8 Å². The molecular weight excluding hydrogens is 218 g/mol. The SMILES string of the molecule is Cc1cc([N+](=O)[O-])cnc1NCC(C)C(C)C. The predicted octanol–water partition coefficient (Wildman–Crippen LogP) is 3.00. The van der Waals surface area contributed by atoms with E-state index in [-0.39, 0.29) is 5.69 Å². The van der Waals surface area contributed by atoms with Crippen LogP contribution in [-0.4, -0.2) is 16.5 Å². The second-order valence-corrected chi connectivity index (χ2v) is 4.72. The van der Waals surface area contributed by atoms with Crippen molar-refractivity contribution in [1.82, 2.24) is 4.98 Å². The average Bonchev–Trinajstić information content (AvgIpc) is 2.26. The minimum atomic E-state index is -0.430. The van der Waals surface area contributed by atoms with Gasteiger partial charge in [0.25, 0.3) is 5.69 Å². The Labute approximate surface area is 101 Å². The molecule has 0 spiro atoms. The maximum atomic E-state index is 10.6. The first-order valence-electron chi connectivity index (χ1n) is 5.76. The van der Waals surface area contributed by atoms with Gasteiger partial charge in [0.1, 0.15) is 12.0 Å². The lowest BCUT2D eigenvalue weighted by molar-refractivity contribution is -0.385. The molecule has 0 bridgehead atoms. The number of rotatable bonds is 5. The summed E-state index contributed by atoms with van der Waals surface area (Å²) in [5, 5.41) is 13.8. The van der Waals surface area contributed by atoms with Crippen LogP contribution in [0.2, 0.25) is 0 Å². The van der Waals surface area contributed by atoms with Crippen molar-refractivity contribution in [2.24, 2.45) is 11.8 Å². The third-order valence-corrected chi connectivity index (χ3v) is 3.00. The molecule has 0 saturated carbocycles. The fraction of sp³-hybridized carbons (Fsp3) is 0.583. The highest BCUT2D eigenvalue weighted by Crippen LogP contribution is 2.19. The van der Waals surface area contributed by atoms with Crippen molar-refractivity contribution in [1.29, 1.82) is 0 Å². The Kier molecular flexibility index (Phi) is 4.43. The molecule has 1 unspecified atom stereocenters. The smallest absolute Gasteiger partial charge is 0.287 e. The fourth-order valence-corrected chi connectivity index (χ4v) is 1.34. The number of nitrogens with one attached hydrogen (secondary N) is 1. The topological polar surface area (TPSA) is 68.1 Å². The molecule has 5 nitrogen and oxygen atoms in total. The van der Waals surface area contributed by atoms with Gasteiger partial charge in [-0.25, -0.2) is 4.98 Å². The molecule has 0 fully saturated rings.